The van der Waals surface area contributed by atoms with Crippen LogP contribution < -0.4 is 9.64 Å². The number of hydrogen-bond acceptors (Lipinski definition) is 5. The van der Waals surface area contributed by atoms with Crippen molar-refractivity contribution in [2.45, 2.75) is 26.8 Å². The van der Waals surface area contributed by atoms with Gasteiger partial charge in [0.05, 0.1) is 16.5 Å². The Bertz CT molecular complexity index is 1140. The first kappa shape index (κ1) is 22.8. The van der Waals surface area contributed by atoms with Crippen molar-refractivity contribution in [2.75, 3.05) is 18.1 Å². The van der Waals surface area contributed by atoms with E-state index in [4.69, 9.17) is 9.72 Å². The van der Waals surface area contributed by atoms with Crippen molar-refractivity contribution in [3.63, 3.8) is 0 Å². The second kappa shape index (κ2) is 10.4. The number of amides is 1. The summed E-state index contributed by atoms with van der Waals surface area (Å²) in [5, 5.41) is 0.707. The van der Waals surface area contributed by atoms with Crippen LogP contribution in [0.3, 0.4) is 0 Å². The van der Waals surface area contributed by atoms with Gasteiger partial charge in [0.1, 0.15) is 5.75 Å². The van der Waals surface area contributed by atoms with Crippen LogP contribution in [0.25, 0.3) is 10.2 Å². The molecule has 0 spiro atoms. The van der Waals surface area contributed by atoms with E-state index < -0.39 is 0 Å². The van der Waals surface area contributed by atoms with Gasteiger partial charge < -0.3 is 9.30 Å². The zero-order valence-corrected chi connectivity index (χ0v) is 19.2. The molecule has 2 aromatic heterocycles. The Labute approximate surface area is 191 Å². The van der Waals surface area contributed by atoms with E-state index in [2.05, 4.69) is 18.0 Å². The number of halogens is 1. The first-order valence-electron chi connectivity index (χ1n) is 9.91. The predicted molar refractivity (Wildman–Crippen MR) is 127 cm³/mol. The van der Waals surface area contributed by atoms with Crippen LogP contribution in [0, 0.1) is 13.8 Å². The standard InChI is InChI=1S/C23H24N4O2S.ClH/c1-17-5-3-6-19(13-17)29-15-22(28)27(11-4-10-26-12-9-24-16-26)23-25-20-8-7-18(2)14-21(20)30-23;/h3,5-9,12-14,16H,4,10-11,15H2,1-2H3;1H. The van der Waals surface area contributed by atoms with Crippen molar-refractivity contribution in [3.05, 3.63) is 72.3 Å². The Hall–Kier alpha value is -2.90. The van der Waals surface area contributed by atoms with Crippen LogP contribution in [0.15, 0.2) is 61.2 Å². The molecule has 4 rings (SSSR count). The van der Waals surface area contributed by atoms with Crippen molar-refractivity contribution < 1.29 is 9.53 Å². The van der Waals surface area contributed by atoms with Crippen molar-refractivity contribution in [2.24, 2.45) is 0 Å². The zero-order valence-electron chi connectivity index (χ0n) is 17.5. The van der Waals surface area contributed by atoms with Gasteiger partial charge in [0.2, 0.25) is 0 Å². The Balaban J connectivity index is 0.00000272. The molecule has 0 N–H and O–H groups in total. The Morgan fingerprint density at radius 2 is 2.00 bits per heavy atom. The number of imidazole rings is 1. The van der Waals surface area contributed by atoms with Gasteiger partial charge in [0.15, 0.2) is 11.7 Å². The molecule has 0 saturated carbocycles. The van der Waals surface area contributed by atoms with Crippen LogP contribution >= 0.6 is 23.7 Å². The molecular formula is C23H25ClN4O2S. The summed E-state index contributed by atoms with van der Waals surface area (Å²) in [5.74, 6) is 0.597. The largest absolute Gasteiger partial charge is 0.484 e. The minimum Gasteiger partial charge on any atom is -0.484 e. The highest BCUT2D eigenvalue weighted by Crippen LogP contribution is 2.30. The van der Waals surface area contributed by atoms with E-state index in [-0.39, 0.29) is 24.9 Å². The van der Waals surface area contributed by atoms with Crippen molar-refractivity contribution in [1.82, 2.24) is 14.5 Å². The third kappa shape index (κ3) is 5.83. The van der Waals surface area contributed by atoms with Gasteiger partial charge in [-0.05, 0) is 55.7 Å². The number of carbonyl (C=O) groups excluding carboxylic acids is 1. The smallest absolute Gasteiger partial charge is 0.266 e. The first-order chi connectivity index (χ1) is 14.6. The molecule has 2 aromatic carbocycles. The minimum absolute atomic E-state index is 0. The number of carbonyl (C=O) groups is 1. The normalized spacial score (nSPS) is 10.6. The molecule has 8 heteroatoms. The van der Waals surface area contributed by atoms with Crippen molar-refractivity contribution in [1.29, 1.82) is 0 Å². The van der Waals surface area contributed by atoms with E-state index in [1.807, 2.05) is 54.1 Å². The summed E-state index contributed by atoms with van der Waals surface area (Å²) in [7, 11) is 0. The third-order valence-corrected chi connectivity index (χ3v) is 5.81. The Morgan fingerprint density at radius 3 is 2.77 bits per heavy atom. The summed E-state index contributed by atoms with van der Waals surface area (Å²) in [6.45, 7) is 5.38. The fourth-order valence-electron chi connectivity index (χ4n) is 3.22. The molecule has 0 aliphatic rings. The van der Waals surface area contributed by atoms with Crippen molar-refractivity contribution in [3.8, 4) is 5.75 Å². The minimum atomic E-state index is -0.0992. The van der Waals surface area contributed by atoms with Crippen LogP contribution in [0.2, 0.25) is 0 Å². The summed E-state index contributed by atoms with van der Waals surface area (Å²) in [4.78, 5) is 23.6. The molecule has 31 heavy (non-hydrogen) atoms. The van der Waals surface area contributed by atoms with Crippen LogP contribution in [0.5, 0.6) is 5.75 Å². The fraction of sp³-hybridized carbons (Fsp3) is 0.261. The number of anilines is 1. The van der Waals surface area contributed by atoms with E-state index in [9.17, 15) is 4.79 Å². The third-order valence-electron chi connectivity index (χ3n) is 4.77. The molecule has 0 saturated heterocycles. The number of thiazole rings is 1. The average Bonchev–Trinajstić information content (AvgIpc) is 3.38. The van der Waals surface area contributed by atoms with Gasteiger partial charge in [-0.15, -0.1) is 12.4 Å². The monoisotopic (exact) mass is 456 g/mol. The first-order valence-corrected chi connectivity index (χ1v) is 10.7. The maximum absolute atomic E-state index is 13.1. The second-order valence-electron chi connectivity index (χ2n) is 7.27. The molecule has 0 unspecified atom stereocenters. The lowest BCUT2D eigenvalue weighted by Gasteiger charge is -2.20. The molecule has 4 aromatic rings. The van der Waals surface area contributed by atoms with Gasteiger partial charge >= 0.3 is 0 Å². The molecule has 1 amide bonds. The summed E-state index contributed by atoms with van der Waals surface area (Å²) < 4.78 is 8.86. The number of fused-ring (bicyclic) bond motifs is 1. The highest BCUT2D eigenvalue weighted by atomic mass is 35.5. The van der Waals surface area contributed by atoms with Gasteiger partial charge in [-0.3, -0.25) is 9.69 Å². The van der Waals surface area contributed by atoms with E-state index in [0.29, 0.717) is 17.4 Å². The molecule has 0 bridgehead atoms. The van der Waals surface area contributed by atoms with Gasteiger partial charge in [-0.25, -0.2) is 9.97 Å². The Kier molecular flexibility index (Phi) is 7.65. The van der Waals surface area contributed by atoms with E-state index >= 15 is 0 Å². The number of ether oxygens (including phenoxy) is 1. The fourth-order valence-corrected chi connectivity index (χ4v) is 4.33. The molecule has 0 aliphatic carbocycles. The summed E-state index contributed by atoms with van der Waals surface area (Å²) in [5.41, 5.74) is 3.18. The Morgan fingerprint density at radius 1 is 1.16 bits per heavy atom. The molecule has 162 valence electrons. The number of nitrogens with zero attached hydrogens (tertiary/aromatic N) is 4. The topological polar surface area (TPSA) is 60.2 Å². The van der Waals surface area contributed by atoms with Crippen LogP contribution in [-0.4, -0.2) is 33.6 Å². The van der Waals surface area contributed by atoms with Crippen molar-refractivity contribution >= 4 is 45.0 Å². The van der Waals surface area contributed by atoms with Gasteiger partial charge in [0, 0.05) is 25.5 Å². The van der Waals surface area contributed by atoms with Crippen LogP contribution in [0.1, 0.15) is 17.5 Å². The highest BCUT2D eigenvalue weighted by molar-refractivity contribution is 7.22. The summed E-state index contributed by atoms with van der Waals surface area (Å²) in [6.07, 6.45) is 6.26. The number of rotatable bonds is 8. The maximum atomic E-state index is 13.1. The van der Waals surface area contributed by atoms with E-state index in [1.165, 1.54) is 16.9 Å². The lowest BCUT2D eigenvalue weighted by molar-refractivity contribution is -0.120. The molecule has 0 atom stereocenters. The average molecular weight is 457 g/mol. The second-order valence-corrected chi connectivity index (χ2v) is 8.28. The lowest BCUT2D eigenvalue weighted by Crippen LogP contribution is -2.36. The molecule has 0 aliphatic heterocycles. The van der Waals surface area contributed by atoms with E-state index in [0.717, 1.165) is 28.7 Å². The van der Waals surface area contributed by atoms with Crippen LogP contribution in [-0.2, 0) is 11.3 Å². The molecule has 0 fully saturated rings. The predicted octanol–water partition coefficient (Wildman–Crippen LogP) is 5.03. The maximum Gasteiger partial charge on any atom is 0.266 e. The zero-order chi connectivity index (χ0) is 20.9. The lowest BCUT2D eigenvalue weighted by atomic mass is 10.2. The SMILES string of the molecule is Cc1cccc(OCC(=O)N(CCCn2ccnc2)c2nc3ccc(C)cc3s2)c1.Cl. The van der Waals surface area contributed by atoms with Gasteiger partial charge in [0.25, 0.3) is 5.91 Å². The van der Waals surface area contributed by atoms with Gasteiger partial charge in [-0.1, -0.05) is 29.5 Å². The molecule has 6 nitrogen and oxygen atoms in total. The van der Waals surface area contributed by atoms with Gasteiger partial charge in [-0.2, -0.15) is 0 Å². The summed E-state index contributed by atoms with van der Waals surface area (Å²) in [6, 6.07) is 13.9. The van der Waals surface area contributed by atoms with Crippen LogP contribution in [0.4, 0.5) is 5.13 Å². The molecular weight excluding hydrogens is 432 g/mol. The highest BCUT2D eigenvalue weighted by Gasteiger charge is 2.20. The number of aromatic nitrogens is 3. The molecule has 0 radical (unpaired) electrons. The summed E-state index contributed by atoms with van der Waals surface area (Å²) >= 11 is 1.54. The van der Waals surface area contributed by atoms with E-state index in [1.54, 1.807) is 17.4 Å². The molecule has 2 heterocycles. The number of benzene rings is 2. The number of hydrogen-bond donors (Lipinski definition) is 0. The quantitative estimate of drug-likeness (QED) is 0.373. The number of aryl methyl sites for hydroxylation is 3.